The Hall–Kier alpha value is -2.57. The lowest BCUT2D eigenvalue weighted by Gasteiger charge is -2.07. The van der Waals surface area contributed by atoms with Crippen LogP contribution < -0.4 is 0 Å². The number of hydrogen-bond donors (Lipinski definition) is 1. The molecule has 0 heterocycles. The zero-order chi connectivity index (χ0) is 13.9. The summed E-state index contributed by atoms with van der Waals surface area (Å²) < 4.78 is 0. The van der Waals surface area contributed by atoms with Crippen LogP contribution in [0.4, 0.5) is 5.69 Å². The molecule has 0 aliphatic rings. The Labute approximate surface area is 101 Å². The lowest BCUT2D eigenvalue weighted by atomic mass is 9.94. The number of carboxylic acids is 1. The van der Waals surface area contributed by atoms with Gasteiger partial charge in [-0.1, -0.05) is 0 Å². The average molecular weight is 251 g/mol. The number of ketones is 2. The van der Waals surface area contributed by atoms with Gasteiger partial charge in [0.05, 0.1) is 4.92 Å². The molecule has 18 heavy (non-hydrogen) atoms. The number of nitro groups is 1. The van der Waals surface area contributed by atoms with Crippen molar-refractivity contribution in [3.05, 3.63) is 39.9 Å². The fraction of sp³-hybridized carbons (Fsp3) is 0.182. The lowest BCUT2D eigenvalue weighted by molar-refractivity contribution is -0.384. The second-order valence-electron chi connectivity index (χ2n) is 3.55. The number of hydrogen-bond acceptors (Lipinski definition) is 5. The summed E-state index contributed by atoms with van der Waals surface area (Å²) in [7, 11) is 0. The molecule has 7 heteroatoms. The molecule has 1 rings (SSSR count). The number of carbonyl (C=O) groups is 3. The van der Waals surface area contributed by atoms with E-state index in [9.17, 15) is 24.5 Å². The van der Waals surface area contributed by atoms with Gasteiger partial charge in [0, 0.05) is 17.7 Å². The fourth-order valence-electron chi connectivity index (χ4n) is 1.38. The minimum absolute atomic E-state index is 0.0526. The van der Waals surface area contributed by atoms with Crippen LogP contribution in [0.25, 0.3) is 0 Å². The van der Waals surface area contributed by atoms with Gasteiger partial charge in [-0.15, -0.1) is 0 Å². The molecule has 0 bridgehead atoms. The second kappa shape index (κ2) is 5.17. The van der Waals surface area contributed by atoms with Crippen molar-refractivity contribution in [2.45, 2.75) is 6.92 Å². The van der Waals surface area contributed by atoms with E-state index in [0.29, 0.717) is 0 Å². The largest absolute Gasteiger partial charge is 0.480 e. The van der Waals surface area contributed by atoms with Crippen LogP contribution >= 0.6 is 0 Å². The monoisotopic (exact) mass is 251 g/mol. The molecule has 94 valence electrons. The number of carbonyl (C=O) groups excluding carboxylic acids is 2. The van der Waals surface area contributed by atoms with Crippen molar-refractivity contribution in [1.82, 2.24) is 0 Å². The number of carboxylic acid groups (broad SMARTS) is 1. The zero-order valence-corrected chi connectivity index (χ0v) is 9.32. The zero-order valence-electron chi connectivity index (χ0n) is 9.32. The molecule has 1 unspecified atom stereocenters. The topological polar surface area (TPSA) is 115 Å². The van der Waals surface area contributed by atoms with Gasteiger partial charge < -0.3 is 5.11 Å². The van der Waals surface area contributed by atoms with Crippen LogP contribution in [-0.4, -0.2) is 27.6 Å². The van der Waals surface area contributed by atoms with E-state index in [-0.39, 0.29) is 11.3 Å². The summed E-state index contributed by atoms with van der Waals surface area (Å²) in [5, 5.41) is 19.2. The number of benzene rings is 1. The fourth-order valence-corrected chi connectivity index (χ4v) is 1.38. The van der Waals surface area contributed by atoms with Crippen LogP contribution in [0.5, 0.6) is 0 Å². The van der Waals surface area contributed by atoms with Crippen LogP contribution in [0.15, 0.2) is 24.3 Å². The van der Waals surface area contributed by atoms with Gasteiger partial charge in [0.25, 0.3) is 5.69 Å². The molecule has 0 saturated heterocycles. The molecule has 7 nitrogen and oxygen atoms in total. The predicted molar refractivity (Wildman–Crippen MR) is 59.2 cm³/mol. The van der Waals surface area contributed by atoms with Crippen LogP contribution in [0, 0.1) is 16.0 Å². The Morgan fingerprint density at radius 1 is 1.22 bits per heavy atom. The van der Waals surface area contributed by atoms with E-state index in [0.717, 1.165) is 31.2 Å². The van der Waals surface area contributed by atoms with Crippen LogP contribution in [0.1, 0.15) is 17.3 Å². The summed E-state index contributed by atoms with van der Waals surface area (Å²) in [6.07, 6.45) is 0. The summed E-state index contributed by atoms with van der Waals surface area (Å²) in [5.41, 5.74) is -0.274. The van der Waals surface area contributed by atoms with Gasteiger partial charge in [-0.3, -0.25) is 24.5 Å². The molecule has 0 aliphatic heterocycles. The van der Waals surface area contributed by atoms with Crippen molar-refractivity contribution < 1.29 is 24.4 Å². The number of nitro benzene ring substituents is 1. The molecule has 1 atom stereocenters. The van der Waals surface area contributed by atoms with Crippen molar-refractivity contribution in [1.29, 1.82) is 0 Å². The first-order valence-electron chi connectivity index (χ1n) is 4.86. The number of rotatable bonds is 5. The highest BCUT2D eigenvalue weighted by atomic mass is 16.6. The molecule has 1 aromatic carbocycles. The third-order valence-electron chi connectivity index (χ3n) is 2.28. The van der Waals surface area contributed by atoms with Crippen molar-refractivity contribution in [2.24, 2.45) is 5.92 Å². The summed E-state index contributed by atoms with van der Waals surface area (Å²) in [6, 6.07) is 4.40. The lowest BCUT2D eigenvalue weighted by Crippen LogP contribution is -2.30. The summed E-state index contributed by atoms with van der Waals surface area (Å²) in [5.74, 6) is -4.98. The van der Waals surface area contributed by atoms with Crippen molar-refractivity contribution in [3.63, 3.8) is 0 Å². The quantitative estimate of drug-likeness (QED) is 0.362. The highest BCUT2D eigenvalue weighted by molar-refractivity contribution is 6.21. The van der Waals surface area contributed by atoms with E-state index in [2.05, 4.69) is 0 Å². The van der Waals surface area contributed by atoms with E-state index in [1.165, 1.54) is 0 Å². The molecule has 1 N–H and O–H groups in total. The van der Waals surface area contributed by atoms with Crippen LogP contribution in [0.2, 0.25) is 0 Å². The van der Waals surface area contributed by atoms with Gasteiger partial charge in [-0.25, -0.2) is 0 Å². The molecule has 0 aliphatic carbocycles. The molecule has 0 fully saturated rings. The third-order valence-corrected chi connectivity index (χ3v) is 2.28. The SMILES string of the molecule is CC(=O)C(C(=O)O)C(=O)c1ccc([N+](=O)[O-])cc1. The van der Waals surface area contributed by atoms with E-state index in [1.54, 1.807) is 0 Å². The van der Waals surface area contributed by atoms with E-state index in [4.69, 9.17) is 5.11 Å². The van der Waals surface area contributed by atoms with Gasteiger partial charge in [0.2, 0.25) is 0 Å². The molecule has 0 amide bonds. The minimum atomic E-state index is -1.77. The Balaban J connectivity index is 3.06. The first kappa shape index (κ1) is 13.5. The van der Waals surface area contributed by atoms with Crippen molar-refractivity contribution >= 4 is 23.2 Å². The van der Waals surface area contributed by atoms with Gasteiger partial charge in [-0.2, -0.15) is 0 Å². The molecular weight excluding hydrogens is 242 g/mol. The van der Waals surface area contributed by atoms with Gasteiger partial charge in [0.1, 0.15) is 0 Å². The first-order chi connectivity index (χ1) is 8.34. The number of aliphatic carboxylic acids is 1. The smallest absolute Gasteiger partial charge is 0.322 e. The van der Waals surface area contributed by atoms with Crippen LogP contribution in [-0.2, 0) is 9.59 Å². The van der Waals surface area contributed by atoms with Crippen LogP contribution in [0.3, 0.4) is 0 Å². The van der Waals surface area contributed by atoms with E-state index < -0.39 is 28.4 Å². The van der Waals surface area contributed by atoms with Gasteiger partial charge in [0.15, 0.2) is 17.5 Å². The van der Waals surface area contributed by atoms with Crippen molar-refractivity contribution in [2.75, 3.05) is 0 Å². The first-order valence-corrected chi connectivity index (χ1v) is 4.86. The normalized spacial score (nSPS) is 11.6. The molecule has 1 aromatic rings. The molecule has 0 saturated carbocycles. The maximum Gasteiger partial charge on any atom is 0.322 e. The average Bonchev–Trinajstić information content (AvgIpc) is 2.28. The Kier molecular flexibility index (Phi) is 3.88. The summed E-state index contributed by atoms with van der Waals surface area (Å²) >= 11 is 0. The summed E-state index contributed by atoms with van der Waals surface area (Å²) in [4.78, 5) is 43.3. The Morgan fingerprint density at radius 2 is 1.72 bits per heavy atom. The molecular formula is C11H9NO6. The highest BCUT2D eigenvalue weighted by Crippen LogP contribution is 2.16. The molecule has 0 spiro atoms. The van der Waals surface area contributed by atoms with E-state index >= 15 is 0 Å². The summed E-state index contributed by atoms with van der Waals surface area (Å²) in [6.45, 7) is 1.00. The second-order valence-corrected chi connectivity index (χ2v) is 3.55. The van der Waals surface area contributed by atoms with E-state index in [1.807, 2.05) is 0 Å². The maximum absolute atomic E-state index is 11.7. The number of nitrogens with zero attached hydrogens (tertiary/aromatic N) is 1. The Morgan fingerprint density at radius 3 is 2.06 bits per heavy atom. The minimum Gasteiger partial charge on any atom is -0.480 e. The molecule has 0 aromatic heterocycles. The van der Waals surface area contributed by atoms with Crippen molar-refractivity contribution in [3.8, 4) is 0 Å². The van der Waals surface area contributed by atoms with Gasteiger partial charge in [-0.05, 0) is 19.1 Å². The third kappa shape index (κ3) is 2.76. The highest BCUT2D eigenvalue weighted by Gasteiger charge is 2.31. The molecule has 0 radical (unpaired) electrons. The Bertz CT molecular complexity index is 505. The maximum atomic E-state index is 11.7. The number of non-ortho nitro benzene ring substituents is 1. The number of Topliss-reactive ketones (excluding diaryl/α,β-unsaturated/α-hetero) is 2. The predicted octanol–water partition coefficient (Wildman–Crippen LogP) is 1.07. The van der Waals surface area contributed by atoms with Gasteiger partial charge >= 0.3 is 5.97 Å². The standard InChI is InChI=1S/C11H9NO6/c1-6(13)9(11(15)16)10(14)7-2-4-8(5-3-7)12(17)18/h2-5,9H,1H3,(H,15,16).